The van der Waals surface area contributed by atoms with E-state index in [0.29, 0.717) is 39.6 Å². The lowest BCUT2D eigenvalue weighted by Gasteiger charge is -2.23. The van der Waals surface area contributed by atoms with Crippen molar-refractivity contribution in [3.05, 3.63) is 46.4 Å². The number of hydrogen-bond acceptors (Lipinski definition) is 7. The van der Waals surface area contributed by atoms with Crippen molar-refractivity contribution in [2.24, 2.45) is 0 Å². The highest BCUT2D eigenvalue weighted by Crippen LogP contribution is 2.39. The molecule has 1 aliphatic rings. The van der Waals surface area contributed by atoms with Crippen LogP contribution in [0.4, 0.5) is 5.13 Å². The second-order valence-corrected chi connectivity index (χ2v) is 11.9. The van der Waals surface area contributed by atoms with E-state index < -0.39 is 9.84 Å². The first-order valence-electron chi connectivity index (χ1n) is 10.8. The lowest BCUT2D eigenvalue weighted by Crippen LogP contribution is -2.37. The highest BCUT2D eigenvalue weighted by molar-refractivity contribution is 7.91. The maximum absolute atomic E-state index is 13.3. The number of anilines is 1. The van der Waals surface area contributed by atoms with Crippen molar-refractivity contribution in [1.29, 1.82) is 0 Å². The number of amides is 1. The van der Waals surface area contributed by atoms with E-state index in [1.54, 1.807) is 24.1 Å². The SMILES string of the molecule is COc1ccc(Cl)c2sc(N(CC3CCCO3)C(=O)CCCS(=O)(=O)c3ccc(Cl)cc3)nc12. The molecule has 4 rings (SSSR count). The molecule has 1 fully saturated rings. The number of thiazole rings is 1. The predicted molar refractivity (Wildman–Crippen MR) is 135 cm³/mol. The first-order chi connectivity index (χ1) is 16.3. The summed E-state index contributed by atoms with van der Waals surface area (Å²) in [4.78, 5) is 19.7. The smallest absolute Gasteiger partial charge is 0.228 e. The zero-order chi connectivity index (χ0) is 24.3. The van der Waals surface area contributed by atoms with Crippen molar-refractivity contribution in [3.63, 3.8) is 0 Å². The van der Waals surface area contributed by atoms with E-state index >= 15 is 0 Å². The molecule has 0 radical (unpaired) electrons. The van der Waals surface area contributed by atoms with Crippen molar-refractivity contribution in [3.8, 4) is 5.75 Å². The van der Waals surface area contributed by atoms with Gasteiger partial charge in [-0.1, -0.05) is 34.5 Å². The summed E-state index contributed by atoms with van der Waals surface area (Å²) in [5.74, 6) is 0.213. The first-order valence-corrected chi connectivity index (χ1v) is 14.0. The number of methoxy groups -OCH3 is 1. The average molecular weight is 543 g/mol. The third-order valence-electron chi connectivity index (χ3n) is 5.59. The Kier molecular flexibility index (Phi) is 7.99. The topological polar surface area (TPSA) is 85.8 Å². The lowest BCUT2D eigenvalue weighted by atomic mass is 10.2. The molecule has 1 unspecified atom stereocenters. The van der Waals surface area contributed by atoms with Gasteiger partial charge in [0.2, 0.25) is 5.91 Å². The summed E-state index contributed by atoms with van der Waals surface area (Å²) < 4.78 is 37.2. The Morgan fingerprint density at radius 3 is 2.68 bits per heavy atom. The minimum atomic E-state index is -3.52. The fourth-order valence-corrected chi connectivity index (χ4v) is 6.53. The van der Waals surface area contributed by atoms with Gasteiger partial charge in [0.15, 0.2) is 15.0 Å². The van der Waals surface area contributed by atoms with Crippen LogP contribution in [0.2, 0.25) is 10.0 Å². The summed E-state index contributed by atoms with van der Waals surface area (Å²) >= 11 is 13.5. The number of rotatable bonds is 9. The molecule has 1 saturated heterocycles. The van der Waals surface area contributed by atoms with E-state index in [2.05, 4.69) is 4.98 Å². The molecule has 182 valence electrons. The van der Waals surface area contributed by atoms with E-state index in [1.807, 2.05) is 0 Å². The van der Waals surface area contributed by atoms with Gasteiger partial charge in [0.05, 0.1) is 40.1 Å². The van der Waals surface area contributed by atoms with Crippen LogP contribution in [-0.2, 0) is 19.4 Å². The zero-order valence-electron chi connectivity index (χ0n) is 18.5. The molecular formula is C23H24Cl2N2O5S2. The predicted octanol–water partition coefficient (Wildman–Crippen LogP) is 5.38. The first kappa shape index (κ1) is 25.2. The molecule has 1 aliphatic heterocycles. The van der Waals surface area contributed by atoms with Crippen molar-refractivity contribution in [1.82, 2.24) is 4.98 Å². The van der Waals surface area contributed by atoms with E-state index in [0.717, 1.165) is 17.5 Å². The maximum Gasteiger partial charge on any atom is 0.228 e. The molecular weight excluding hydrogens is 519 g/mol. The van der Waals surface area contributed by atoms with Crippen molar-refractivity contribution in [2.45, 2.75) is 36.7 Å². The van der Waals surface area contributed by atoms with Crippen LogP contribution in [0.1, 0.15) is 25.7 Å². The van der Waals surface area contributed by atoms with Gasteiger partial charge in [-0.3, -0.25) is 9.69 Å². The van der Waals surface area contributed by atoms with Crippen LogP contribution in [0.15, 0.2) is 41.3 Å². The van der Waals surface area contributed by atoms with Crippen LogP contribution in [0.5, 0.6) is 5.75 Å². The molecule has 0 N–H and O–H groups in total. The van der Waals surface area contributed by atoms with E-state index in [9.17, 15) is 13.2 Å². The molecule has 2 aromatic carbocycles. The van der Waals surface area contributed by atoms with Crippen molar-refractivity contribution in [2.75, 3.05) is 30.9 Å². The van der Waals surface area contributed by atoms with Crippen LogP contribution >= 0.6 is 34.5 Å². The molecule has 1 atom stereocenters. The number of carbonyl (C=O) groups excluding carboxylic acids is 1. The third-order valence-corrected chi connectivity index (χ3v) is 9.19. The van der Waals surface area contributed by atoms with Gasteiger partial charge in [-0.25, -0.2) is 13.4 Å². The van der Waals surface area contributed by atoms with Gasteiger partial charge in [-0.2, -0.15) is 0 Å². The number of ether oxygens (including phenoxy) is 2. The van der Waals surface area contributed by atoms with E-state index in [1.165, 1.54) is 35.6 Å². The number of sulfone groups is 1. The molecule has 11 heteroatoms. The molecule has 0 aliphatic carbocycles. The highest BCUT2D eigenvalue weighted by atomic mass is 35.5. The lowest BCUT2D eigenvalue weighted by molar-refractivity contribution is -0.119. The van der Waals surface area contributed by atoms with E-state index in [-0.39, 0.29) is 35.5 Å². The average Bonchev–Trinajstić information content (AvgIpc) is 3.48. The summed E-state index contributed by atoms with van der Waals surface area (Å²) in [6.07, 6.45) is 1.93. The number of benzene rings is 2. The molecule has 3 aromatic rings. The van der Waals surface area contributed by atoms with Gasteiger partial charge >= 0.3 is 0 Å². The largest absolute Gasteiger partial charge is 0.494 e. The van der Waals surface area contributed by atoms with Gasteiger partial charge in [-0.15, -0.1) is 0 Å². The van der Waals surface area contributed by atoms with E-state index in [4.69, 9.17) is 32.7 Å². The summed E-state index contributed by atoms with van der Waals surface area (Å²) in [5, 5.41) is 1.48. The summed E-state index contributed by atoms with van der Waals surface area (Å²) in [6.45, 7) is 1.01. The highest BCUT2D eigenvalue weighted by Gasteiger charge is 2.27. The summed E-state index contributed by atoms with van der Waals surface area (Å²) in [5.41, 5.74) is 0.588. The Labute approximate surface area is 212 Å². The van der Waals surface area contributed by atoms with Crippen LogP contribution in [0, 0.1) is 0 Å². The Hall–Kier alpha value is -1.91. The molecule has 2 heterocycles. The second-order valence-electron chi connectivity index (χ2n) is 7.94. The van der Waals surface area contributed by atoms with Gasteiger partial charge < -0.3 is 9.47 Å². The minimum absolute atomic E-state index is 0.0559. The van der Waals surface area contributed by atoms with Crippen LogP contribution in [0.25, 0.3) is 10.2 Å². The monoisotopic (exact) mass is 542 g/mol. The van der Waals surface area contributed by atoms with Crippen LogP contribution in [-0.4, -0.2) is 51.4 Å². The molecule has 0 spiro atoms. The fraction of sp³-hybridized carbons (Fsp3) is 0.391. The number of halogens is 2. The molecule has 0 bridgehead atoms. The van der Waals surface area contributed by atoms with Crippen molar-refractivity contribution < 1.29 is 22.7 Å². The molecule has 0 saturated carbocycles. The molecule has 1 aromatic heterocycles. The number of nitrogens with zero attached hydrogens (tertiary/aromatic N) is 2. The number of carbonyl (C=O) groups is 1. The third kappa shape index (κ3) is 5.66. The molecule has 1 amide bonds. The quantitative estimate of drug-likeness (QED) is 0.361. The van der Waals surface area contributed by atoms with Gasteiger partial charge in [0.1, 0.15) is 11.3 Å². The number of aromatic nitrogens is 1. The van der Waals surface area contributed by atoms with Gasteiger partial charge in [0.25, 0.3) is 0 Å². The maximum atomic E-state index is 13.3. The Bertz CT molecular complexity index is 1270. The standard InChI is InChI=1S/C23H24Cl2N2O5S2/c1-31-19-11-10-18(25)22-21(19)26-23(33-22)27(14-16-4-2-12-32-16)20(28)5-3-13-34(29,30)17-8-6-15(24)7-9-17/h6-11,16H,2-5,12-14H2,1H3. The van der Waals surface area contributed by atoms with Crippen LogP contribution in [0.3, 0.4) is 0 Å². The second kappa shape index (κ2) is 10.8. The molecule has 34 heavy (non-hydrogen) atoms. The Morgan fingerprint density at radius 1 is 1.24 bits per heavy atom. The molecule has 7 nitrogen and oxygen atoms in total. The van der Waals surface area contributed by atoms with Gasteiger partial charge in [-0.05, 0) is 55.7 Å². The van der Waals surface area contributed by atoms with Crippen molar-refractivity contribution >= 4 is 65.6 Å². The summed E-state index contributed by atoms with van der Waals surface area (Å²) in [7, 11) is -1.97. The summed E-state index contributed by atoms with van der Waals surface area (Å²) in [6, 6.07) is 9.49. The normalized spacial score (nSPS) is 16.1. The number of fused-ring (bicyclic) bond motifs is 1. The minimum Gasteiger partial charge on any atom is -0.494 e. The van der Waals surface area contributed by atoms with Gasteiger partial charge in [0, 0.05) is 18.1 Å². The Balaban J connectivity index is 1.53. The zero-order valence-corrected chi connectivity index (χ0v) is 21.6. The fourth-order valence-electron chi connectivity index (χ4n) is 3.81. The Morgan fingerprint density at radius 2 is 2.00 bits per heavy atom. The van der Waals surface area contributed by atoms with Crippen LogP contribution < -0.4 is 9.64 Å². The number of hydrogen-bond donors (Lipinski definition) is 0.